The van der Waals surface area contributed by atoms with E-state index in [-0.39, 0.29) is 31.0 Å². The molecule has 0 aliphatic carbocycles. The number of phenols is 1. The molecule has 0 amide bonds. The molecule has 1 aliphatic rings. The van der Waals surface area contributed by atoms with E-state index in [9.17, 15) is 18.1 Å². The molecule has 5 nitrogen and oxygen atoms in total. The number of aromatic hydroxyl groups is 1. The van der Waals surface area contributed by atoms with E-state index in [1.165, 1.54) is 0 Å². The fraction of sp³-hybridized carbons (Fsp3) is 0.300. The number of nitrogens with zero attached hydrogens (tertiary/aromatic N) is 1. The van der Waals surface area contributed by atoms with Crippen LogP contribution in [0.25, 0.3) is 22.2 Å². The Bertz CT molecular complexity index is 1160. The van der Waals surface area contributed by atoms with Crippen LogP contribution in [0.15, 0.2) is 47.4 Å². The van der Waals surface area contributed by atoms with Crippen LogP contribution < -0.4 is 4.90 Å². The predicted molar refractivity (Wildman–Crippen MR) is 107 cm³/mol. The molecule has 148 valence electrons. The molecule has 3 aromatic rings. The Kier molecular flexibility index (Phi) is 4.33. The van der Waals surface area contributed by atoms with E-state index in [2.05, 4.69) is 4.98 Å². The summed E-state index contributed by atoms with van der Waals surface area (Å²) < 4.78 is 48.3. The van der Waals surface area contributed by atoms with Gasteiger partial charge in [0.25, 0.3) is 5.92 Å². The van der Waals surface area contributed by atoms with Crippen molar-refractivity contribution in [3.05, 3.63) is 42.5 Å². The number of nitrogens with one attached hydrogen (secondary N) is 2. The van der Waals surface area contributed by atoms with Gasteiger partial charge in [0.05, 0.1) is 16.3 Å². The Balaban J connectivity index is 1.89. The molecule has 3 N–H and O–H groups in total. The second-order valence-corrected chi connectivity index (χ2v) is 9.52. The van der Waals surface area contributed by atoms with Crippen molar-refractivity contribution in [1.29, 1.82) is 4.78 Å². The van der Waals surface area contributed by atoms with Gasteiger partial charge in [0.1, 0.15) is 5.75 Å². The first-order valence-corrected chi connectivity index (χ1v) is 10.8. The predicted octanol–water partition coefficient (Wildman–Crippen LogP) is 4.81. The fourth-order valence-corrected chi connectivity index (χ4v) is 4.51. The Hall–Kier alpha value is -2.61. The molecular weight excluding hydrogens is 384 g/mol. The molecule has 8 heteroatoms. The van der Waals surface area contributed by atoms with Gasteiger partial charge in [0.2, 0.25) is 0 Å². The standard InChI is InChI=1S/C20H21F2N3O2S/c1-2-28(23,27)15-4-6-19(25-8-7-20(21,22)12-25)16(11-15)18-10-13-9-14(26)3-5-17(13)24-18/h3-6,9-11,23-24,26H,2,7-8,12H2,1H3. The Morgan fingerprint density at radius 2 is 2.04 bits per heavy atom. The molecule has 1 atom stereocenters. The molecule has 1 aromatic heterocycles. The normalized spacial score (nSPS) is 18.5. The quantitative estimate of drug-likeness (QED) is 0.583. The maximum Gasteiger partial charge on any atom is 0.266 e. The minimum absolute atomic E-state index is 0.131. The second kappa shape index (κ2) is 6.48. The van der Waals surface area contributed by atoms with Gasteiger partial charge in [-0.3, -0.25) is 0 Å². The molecule has 2 heterocycles. The average molecular weight is 405 g/mol. The largest absolute Gasteiger partial charge is 0.508 e. The lowest BCUT2D eigenvalue weighted by Gasteiger charge is -2.22. The summed E-state index contributed by atoms with van der Waals surface area (Å²) in [5.41, 5.74) is 2.69. The molecule has 0 spiro atoms. The summed E-state index contributed by atoms with van der Waals surface area (Å²) in [5.74, 6) is -2.44. The van der Waals surface area contributed by atoms with Crippen molar-refractivity contribution in [3.63, 3.8) is 0 Å². The van der Waals surface area contributed by atoms with Gasteiger partial charge in [0.15, 0.2) is 0 Å². The van der Waals surface area contributed by atoms with Crippen LogP contribution in [-0.4, -0.2) is 39.1 Å². The minimum atomic E-state index is -2.95. The SMILES string of the molecule is CCS(=N)(=O)c1ccc(N2CCC(F)(F)C2)c(-c2cc3cc(O)ccc3[nH]2)c1. The Morgan fingerprint density at radius 3 is 2.71 bits per heavy atom. The molecule has 0 bridgehead atoms. The second-order valence-electron chi connectivity index (χ2n) is 7.12. The van der Waals surface area contributed by atoms with Gasteiger partial charge >= 0.3 is 0 Å². The number of phenolic OH excluding ortho intramolecular Hbond substituents is 1. The topological polar surface area (TPSA) is 80.2 Å². The third-order valence-electron chi connectivity index (χ3n) is 5.16. The van der Waals surface area contributed by atoms with Gasteiger partial charge in [-0.1, -0.05) is 6.92 Å². The van der Waals surface area contributed by atoms with Crippen LogP contribution in [0, 0.1) is 4.78 Å². The van der Waals surface area contributed by atoms with E-state index >= 15 is 0 Å². The summed E-state index contributed by atoms with van der Waals surface area (Å²) in [7, 11) is -2.95. The third kappa shape index (κ3) is 3.32. The first-order valence-electron chi connectivity index (χ1n) is 9.04. The van der Waals surface area contributed by atoms with Crippen LogP contribution >= 0.6 is 0 Å². The monoisotopic (exact) mass is 405 g/mol. The summed E-state index contributed by atoms with van der Waals surface area (Å²) in [6, 6.07) is 11.7. The number of aromatic nitrogens is 1. The Labute approximate surface area is 162 Å². The van der Waals surface area contributed by atoms with Crippen molar-refractivity contribution in [2.24, 2.45) is 0 Å². The molecule has 1 fully saturated rings. The number of rotatable bonds is 4. The minimum Gasteiger partial charge on any atom is -0.508 e. The van der Waals surface area contributed by atoms with Crippen molar-refractivity contribution in [2.75, 3.05) is 23.7 Å². The molecule has 4 rings (SSSR count). The van der Waals surface area contributed by atoms with Crippen molar-refractivity contribution in [3.8, 4) is 17.0 Å². The molecule has 1 aliphatic heterocycles. The third-order valence-corrected chi connectivity index (χ3v) is 6.99. The van der Waals surface area contributed by atoms with Crippen LogP contribution in [0.2, 0.25) is 0 Å². The van der Waals surface area contributed by atoms with Crippen LogP contribution in [0.3, 0.4) is 0 Å². The van der Waals surface area contributed by atoms with Crippen LogP contribution in [0.4, 0.5) is 14.5 Å². The summed E-state index contributed by atoms with van der Waals surface area (Å²) in [4.78, 5) is 5.24. The summed E-state index contributed by atoms with van der Waals surface area (Å²) in [5, 5.41) is 10.5. The number of fused-ring (bicyclic) bond motifs is 1. The molecular formula is C20H21F2N3O2S. The fourth-order valence-electron chi connectivity index (χ4n) is 3.59. The number of alkyl halides is 2. The summed E-state index contributed by atoms with van der Waals surface area (Å²) in [6.45, 7) is 1.55. The zero-order valence-electron chi connectivity index (χ0n) is 15.3. The van der Waals surface area contributed by atoms with E-state index in [1.807, 2.05) is 6.07 Å². The highest BCUT2D eigenvalue weighted by molar-refractivity contribution is 7.92. The molecule has 28 heavy (non-hydrogen) atoms. The van der Waals surface area contributed by atoms with Crippen molar-refractivity contribution >= 4 is 26.3 Å². The summed E-state index contributed by atoms with van der Waals surface area (Å²) in [6.07, 6.45) is -0.209. The highest BCUT2D eigenvalue weighted by Crippen LogP contribution is 2.39. The van der Waals surface area contributed by atoms with E-state index in [0.29, 0.717) is 21.8 Å². The number of hydrogen-bond donors (Lipinski definition) is 3. The van der Waals surface area contributed by atoms with E-state index in [0.717, 1.165) is 10.9 Å². The number of anilines is 1. The highest BCUT2D eigenvalue weighted by atomic mass is 32.2. The molecule has 0 saturated carbocycles. The number of halogens is 2. The maximum atomic E-state index is 13.8. The number of aromatic amines is 1. The van der Waals surface area contributed by atoms with E-state index < -0.39 is 15.7 Å². The van der Waals surface area contributed by atoms with Crippen molar-refractivity contribution in [2.45, 2.75) is 24.2 Å². The highest BCUT2D eigenvalue weighted by Gasteiger charge is 2.39. The molecule has 2 aromatic carbocycles. The van der Waals surface area contributed by atoms with Crippen LogP contribution in [0.1, 0.15) is 13.3 Å². The lowest BCUT2D eigenvalue weighted by atomic mass is 10.1. The lowest BCUT2D eigenvalue weighted by molar-refractivity contribution is 0.0257. The van der Waals surface area contributed by atoms with Gasteiger partial charge in [-0.05, 0) is 42.5 Å². The van der Waals surface area contributed by atoms with Gasteiger partial charge in [-0.15, -0.1) is 0 Å². The van der Waals surface area contributed by atoms with Gasteiger partial charge in [0, 0.05) is 51.5 Å². The number of benzene rings is 2. The Morgan fingerprint density at radius 1 is 1.25 bits per heavy atom. The van der Waals surface area contributed by atoms with Crippen LogP contribution in [-0.2, 0) is 9.73 Å². The lowest BCUT2D eigenvalue weighted by Crippen LogP contribution is -2.25. The zero-order valence-corrected chi connectivity index (χ0v) is 16.2. The number of hydrogen-bond acceptors (Lipinski definition) is 4. The van der Waals surface area contributed by atoms with E-state index in [4.69, 9.17) is 4.78 Å². The van der Waals surface area contributed by atoms with Crippen molar-refractivity contribution < 1.29 is 18.1 Å². The zero-order chi connectivity index (χ0) is 20.1. The average Bonchev–Trinajstić information content (AvgIpc) is 3.23. The smallest absolute Gasteiger partial charge is 0.266 e. The van der Waals surface area contributed by atoms with Crippen LogP contribution in [0.5, 0.6) is 5.75 Å². The van der Waals surface area contributed by atoms with Gasteiger partial charge < -0.3 is 15.0 Å². The van der Waals surface area contributed by atoms with Gasteiger partial charge in [-0.2, -0.15) is 0 Å². The summed E-state index contributed by atoms with van der Waals surface area (Å²) >= 11 is 0. The van der Waals surface area contributed by atoms with E-state index in [1.54, 1.807) is 48.2 Å². The maximum absolute atomic E-state index is 13.8. The molecule has 1 unspecified atom stereocenters. The molecule has 1 saturated heterocycles. The molecule has 0 radical (unpaired) electrons. The van der Waals surface area contributed by atoms with Crippen molar-refractivity contribution in [1.82, 2.24) is 4.98 Å². The first-order chi connectivity index (χ1) is 13.2. The number of H-pyrrole nitrogens is 1. The van der Waals surface area contributed by atoms with Gasteiger partial charge in [-0.25, -0.2) is 17.8 Å². The first kappa shape index (κ1) is 18.7.